The van der Waals surface area contributed by atoms with Crippen molar-refractivity contribution >= 4 is 34.3 Å². The van der Waals surface area contributed by atoms with Crippen LogP contribution in [-0.4, -0.2) is 43.2 Å². The molecule has 3 aromatic carbocycles. The van der Waals surface area contributed by atoms with E-state index in [1.807, 2.05) is 6.07 Å². The maximum Gasteiger partial charge on any atom is 0.338 e. The number of nitrogens with one attached hydrogen (secondary N) is 3. The van der Waals surface area contributed by atoms with Crippen molar-refractivity contribution in [2.24, 2.45) is 11.5 Å². The Morgan fingerprint density at radius 3 is 2.36 bits per heavy atom. The summed E-state index contributed by atoms with van der Waals surface area (Å²) in [6.45, 7) is 3.85. The van der Waals surface area contributed by atoms with Gasteiger partial charge in [-0.1, -0.05) is 55.5 Å². The molecular weight excluding hydrogens is 458 g/mol. The third-order valence-electron chi connectivity index (χ3n) is 5.90. The van der Waals surface area contributed by atoms with Crippen molar-refractivity contribution in [2.75, 3.05) is 19.7 Å². The number of carbonyl (C=O) groups is 3. The lowest BCUT2D eigenvalue weighted by Crippen LogP contribution is -2.58. The van der Waals surface area contributed by atoms with Crippen LogP contribution >= 0.6 is 0 Å². The molecule has 0 aliphatic rings. The molecule has 36 heavy (non-hydrogen) atoms. The Labute approximate surface area is 209 Å². The van der Waals surface area contributed by atoms with Crippen molar-refractivity contribution in [3.63, 3.8) is 0 Å². The fourth-order valence-corrected chi connectivity index (χ4v) is 4.12. The van der Waals surface area contributed by atoms with E-state index in [1.165, 1.54) is 0 Å². The molecule has 1 unspecified atom stereocenters. The van der Waals surface area contributed by atoms with Crippen molar-refractivity contribution in [3.05, 3.63) is 82.9 Å². The number of hydrogen-bond acceptors (Lipinski definition) is 7. The first-order valence-corrected chi connectivity index (χ1v) is 11.7. The number of hydrogen-bond donors (Lipinski definition) is 5. The highest BCUT2D eigenvalue weighted by molar-refractivity contribution is 6.12. The van der Waals surface area contributed by atoms with Crippen molar-refractivity contribution < 1.29 is 19.1 Å². The monoisotopic (exact) mass is 489 g/mol. The average molecular weight is 490 g/mol. The van der Waals surface area contributed by atoms with Crippen LogP contribution < -0.4 is 22.1 Å². The van der Waals surface area contributed by atoms with Crippen LogP contribution in [0.2, 0.25) is 0 Å². The number of esters is 1. The molecule has 0 heterocycles. The quantitative estimate of drug-likeness (QED) is 0.119. The minimum atomic E-state index is -1.74. The van der Waals surface area contributed by atoms with Crippen LogP contribution in [0.5, 0.6) is 0 Å². The third-order valence-corrected chi connectivity index (χ3v) is 5.90. The second kappa shape index (κ2) is 11.6. The largest absolute Gasteiger partial charge is 0.464 e. The molecule has 0 saturated heterocycles. The Kier molecular flexibility index (Phi) is 8.52. The molecule has 0 saturated carbocycles. The van der Waals surface area contributed by atoms with E-state index >= 15 is 0 Å². The Balaban J connectivity index is 1.94. The highest BCUT2D eigenvalue weighted by Crippen LogP contribution is 2.29. The lowest BCUT2D eigenvalue weighted by atomic mass is 9.83. The van der Waals surface area contributed by atoms with Crippen molar-refractivity contribution in [1.29, 1.82) is 5.41 Å². The summed E-state index contributed by atoms with van der Waals surface area (Å²) in [5.74, 6) is -1.52. The lowest BCUT2D eigenvalue weighted by molar-refractivity contribution is -0.155. The number of nitrogen functional groups attached to an aromatic ring is 1. The van der Waals surface area contributed by atoms with Crippen LogP contribution in [0.4, 0.5) is 0 Å². The number of likely N-dealkylation sites (N-methyl/N-ethyl adjacent to an activating group) is 1. The second-order valence-electron chi connectivity index (χ2n) is 8.16. The standard InChI is InChI=1S/C27H31N5O4/c1-3-32-27(23(33)15-28,26(35)36-4-2)20-12-13-21-19(14-20)6-5-7-22(21)25(34)31-16-17-8-10-18(11-9-17)24(29)30/h5-14,32H,3-4,15-16,28H2,1-2H3,(H3,29,30)(H,31,34). The summed E-state index contributed by atoms with van der Waals surface area (Å²) in [6.07, 6.45) is 0. The zero-order chi connectivity index (χ0) is 26.3. The van der Waals surface area contributed by atoms with Gasteiger partial charge in [0.2, 0.25) is 5.54 Å². The zero-order valence-electron chi connectivity index (χ0n) is 20.4. The maximum absolute atomic E-state index is 13.0. The van der Waals surface area contributed by atoms with Gasteiger partial charge in [-0.25, -0.2) is 4.79 Å². The molecule has 7 N–H and O–H groups in total. The molecule has 0 aliphatic heterocycles. The summed E-state index contributed by atoms with van der Waals surface area (Å²) in [4.78, 5) is 39.0. The van der Waals surface area contributed by atoms with E-state index < -0.39 is 17.3 Å². The number of rotatable bonds is 11. The number of ether oxygens (including phenoxy) is 1. The summed E-state index contributed by atoms with van der Waals surface area (Å²) in [6, 6.07) is 17.4. The Morgan fingerprint density at radius 1 is 1.03 bits per heavy atom. The number of fused-ring (bicyclic) bond motifs is 1. The van der Waals surface area contributed by atoms with Crippen LogP contribution in [0.15, 0.2) is 60.7 Å². The zero-order valence-corrected chi connectivity index (χ0v) is 20.4. The number of ketones is 1. The Morgan fingerprint density at radius 2 is 1.75 bits per heavy atom. The third kappa shape index (κ3) is 5.27. The van der Waals surface area contributed by atoms with Crippen molar-refractivity contribution in [3.8, 4) is 0 Å². The average Bonchev–Trinajstić information content (AvgIpc) is 2.89. The van der Waals surface area contributed by atoms with Crippen LogP contribution in [0.25, 0.3) is 10.8 Å². The van der Waals surface area contributed by atoms with Gasteiger partial charge in [-0.15, -0.1) is 0 Å². The number of carbonyl (C=O) groups excluding carboxylic acids is 3. The minimum absolute atomic E-state index is 0.0185. The Hall–Kier alpha value is -4.08. The number of nitrogens with two attached hydrogens (primary N) is 2. The number of amidine groups is 1. The molecule has 0 radical (unpaired) electrons. The van der Waals surface area contributed by atoms with Gasteiger partial charge in [0.1, 0.15) is 5.84 Å². The van der Waals surface area contributed by atoms with Gasteiger partial charge in [-0.2, -0.15) is 0 Å². The first-order chi connectivity index (χ1) is 17.3. The second-order valence-corrected chi connectivity index (χ2v) is 8.16. The molecule has 9 heteroatoms. The number of amides is 1. The van der Waals surface area contributed by atoms with Gasteiger partial charge in [0.25, 0.3) is 5.91 Å². The number of benzene rings is 3. The highest BCUT2D eigenvalue weighted by Gasteiger charge is 2.47. The molecule has 3 rings (SSSR count). The predicted molar refractivity (Wildman–Crippen MR) is 139 cm³/mol. The molecule has 188 valence electrons. The van der Waals surface area contributed by atoms with Gasteiger partial charge in [0, 0.05) is 17.7 Å². The van der Waals surface area contributed by atoms with E-state index in [1.54, 1.807) is 68.4 Å². The molecule has 0 aliphatic carbocycles. The van der Waals surface area contributed by atoms with Gasteiger partial charge in [-0.05, 0) is 47.5 Å². The van der Waals surface area contributed by atoms with Gasteiger partial charge in [-0.3, -0.25) is 20.3 Å². The number of Topliss-reactive ketones (excluding diaryl/α,β-unsaturated/α-hetero) is 1. The lowest BCUT2D eigenvalue weighted by Gasteiger charge is -2.31. The molecule has 1 amide bonds. The van der Waals surface area contributed by atoms with E-state index in [-0.39, 0.29) is 24.9 Å². The molecule has 9 nitrogen and oxygen atoms in total. The molecule has 1 atom stereocenters. The summed E-state index contributed by atoms with van der Waals surface area (Å²) < 4.78 is 5.25. The van der Waals surface area contributed by atoms with Gasteiger partial charge in [0.15, 0.2) is 5.78 Å². The van der Waals surface area contributed by atoms with E-state index in [9.17, 15) is 14.4 Å². The topological polar surface area (TPSA) is 160 Å². The predicted octanol–water partition coefficient (Wildman–Crippen LogP) is 1.95. The fourth-order valence-electron chi connectivity index (χ4n) is 4.12. The van der Waals surface area contributed by atoms with Crippen LogP contribution in [0.3, 0.4) is 0 Å². The maximum atomic E-state index is 13.0. The molecule has 3 aromatic rings. The van der Waals surface area contributed by atoms with Crippen LogP contribution in [0, 0.1) is 5.41 Å². The Bertz CT molecular complexity index is 1290. The van der Waals surface area contributed by atoms with E-state index in [0.717, 1.165) is 5.56 Å². The normalized spacial score (nSPS) is 12.5. The van der Waals surface area contributed by atoms with Crippen molar-refractivity contribution in [1.82, 2.24) is 10.6 Å². The van der Waals surface area contributed by atoms with E-state index in [4.69, 9.17) is 21.6 Å². The van der Waals surface area contributed by atoms with Gasteiger partial charge >= 0.3 is 5.97 Å². The smallest absolute Gasteiger partial charge is 0.338 e. The van der Waals surface area contributed by atoms with Crippen molar-refractivity contribution in [2.45, 2.75) is 25.9 Å². The SMILES string of the molecule is CCNC(C(=O)CN)(C(=O)OCC)c1ccc2c(C(=O)NCc3ccc(C(=N)N)cc3)cccc2c1. The first kappa shape index (κ1) is 26.5. The molecule has 0 spiro atoms. The highest BCUT2D eigenvalue weighted by atomic mass is 16.5. The summed E-state index contributed by atoms with van der Waals surface area (Å²) >= 11 is 0. The van der Waals surface area contributed by atoms with E-state index in [0.29, 0.717) is 40.6 Å². The first-order valence-electron chi connectivity index (χ1n) is 11.7. The summed E-state index contributed by atoms with van der Waals surface area (Å²) in [5.41, 5.74) is 11.7. The summed E-state index contributed by atoms with van der Waals surface area (Å²) in [5, 5.41) is 14.7. The molecule has 0 bridgehead atoms. The minimum Gasteiger partial charge on any atom is -0.464 e. The van der Waals surface area contributed by atoms with Gasteiger partial charge < -0.3 is 21.5 Å². The van der Waals surface area contributed by atoms with Crippen LogP contribution in [-0.2, 0) is 26.4 Å². The summed E-state index contributed by atoms with van der Waals surface area (Å²) in [7, 11) is 0. The molecular formula is C27H31N5O4. The van der Waals surface area contributed by atoms with Crippen LogP contribution in [0.1, 0.15) is 40.9 Å². The van der Waals surface area contributed by atoms with Gasteiger partial charge in [0.05, 0.1) is 13.2 Å². The molecule has 0 aromatic heterocycles. The molecule has 0 fully saturated rings. The fraction of sp³-hybridized carbons (Fsp3) is 0.259. The van der Waals surface area contributed by atoms with E-state index in [2.05, 4.69) is 10.6 Å².